The van der Waals surface area contributed by atoms with E-state index in [-0.39, 0.29) is 31.0 Å². The number of aromatic nitrogens is 5. The Kier molecular flexibility index (Phi) is 6.01. The van der Waals surface area contributed by atoms with Crippen LogP contribution in [0.2, 0.25) is 0 Å². The SMILES string of the molecule is CN(C)c1nc(CNC(=O)CCn2cnc3ccccc3c2=O)nc(N(C)C)n1. The summed E-state index contributed by atoms with van der Waals surface area (Å²) in [6.07, 6.45) is 1.61. The molecule has 1 amide bonds. The maximum Gasteiger partial charge on any atom is 0.261 e. The van der Waals surface area contributed by atoms with Crippen molar-refractivity contribution in [3.8, 4) is 0 Å². The number of fused-ring (bicyclic) bond motifs is 1. The van der Waals surface area contributed by atoms with Crippen LogP contribution in [0, 0.1) is 0 Å². The van der Waals surface area contributed by atoms with E-state index in [0.29, 0.717) is 28.6 Å². The van der Waals surface area contributed by atoms with E-state index < -0.39 is 0 Å². The van der Waals surface area contributed by atoms with E-state index >= 15 is 0 Å². The Morgan fingerprint density at radius 2 is 1.69 bits per heavy atom. The van der Waals surface area contributed by atoms with Crippen LogP contribution in [-0.4, -0.2) is 58.6 Å². The van der Waals surface area contributed by atoms with Gasteiger partial charge in [0.1, 0.15) is 0 Å². The van der Waals surface area contributed by atoms with E-state index in [2.05, 4.69) is 25.3 Å². The highest BCUT2D eigenvalue weighted by atomic mass is 16.1. The van der Waals surface area contributed by atoms with Gasteiger partial charge in [0.15, 0.2) is 5.82 Å². The number of aryl methyl sites for hydroxylation is 1. The Bertz CT molecular complexity index is 1050. The summed E-state index contributed by atoms with van der Waals surface area (Å²) in [5, 5.41) is 3.33. The lowest BCUT2D eigenvalue weighted by molar-refractivity contribution is -0.121. The van der Waals surface area contributed by atoms with Crippen LogP contribution in [0.15, 0.2) is 35.4 Å². The third-order valence-corrected chi connectivity index (χ3v) is 4.21. The van der Waals surface area contributed by atoms with Gasteiger partial charge < -0.3 is 15.1 Å². The van der Waals surface area contributed by atoms with E-state index in [1.165, 1.54) is 10.9 Å². The second-order valence-electron chi connectivity index (χ2n) is 6.93. The third kappa shape index (κ3) is 4.84. The Morgan fingerprint density at radius 1 is 1.03 bits per heavy atom. The van der Waals surface area contributed by atoms with E-state index in [1.54, 1.807) is 28.0 Å². The zero-order valence-corrected chi connectivity index (χ0v) is 17.0. The van der Waals surface area contributed by atoms with Crippen LogP contribution in [0.3, 0.4) is 0 Å². The van der Waals surface area contributed by atoms with Gasteiger partial charge in [0.2, 0.25) is 17.8 Å². The number of rotatable bonds is 7. The predicted molar refractivity (Wildman–Crippen MR) is 111 cm³/mol. The summed E-state index contributed by atoms with van der Waals surface area (Å²) in [7, 11) is 7.36. The van der Waals surface area contributed by atoms with Crippen molar-refractivity contribution in [2.75, 3.05) is 38.0 Å². The van der Waals surface area contributed by atoms with Crippen molar-refractivity contribution in [3.05, 3.63) is 46.8 Å². The van der Waals surface area contributed by atoms with Crippen LogP contribution >= 0.6 is 0 Å². The molecule has 152 valence electrons. The van der Waals surface area contributed by atoms with Crippen molar-refractivity contribution in [1.29, 1.82) is 0 Å². The lowest BCUT2D eigenvalue weighted by Crippen LogP contribution is -2.28. The zero-order valence-electron chi connectivity index (χ0n) is 17.0. The van der Waals surface area contributed by atoms with Gasteiger partial charge in [-0.2, -0.15) is 15.0 Å². The summed E-state index contributed by atoms with van der Waals surface area (Å²) in [6.45, 7) is 0.416. The van der Waals surface area contributed by atoms with Crippen molar-refractivity contribution < 1.29 is 4.79 Å². The van der Waals surface area contributed by atoms with Gasteiger partial charge in [-0.3, -0.25) is 14.2 Å². The summed E-state index contributed by atoms with van der Waals surface area (Å²) >= 11 is 0. The summed E-state index contributed by atoms with van der Waals surface area (Å²) < 4.78 is 1.44. The number of nitrogens with zero attached hydrogens (tertiary/aromatic N) is 7. The standard InChI is InChI=1S/C19H24N8O2/c1-25(2)18-22-15(23-19(24-18)26(3)4)11-20-16(28)9-10-27-12-21-14-8-6-5-7-13(14)17(27)29/h5-8,12H,9-11H2,1-4H3,(H,20,28). The smallest absolute Gasteiger partial charge is 0.261 e. The highest BCUT2D eigenvalue weighted by molar-refractivity contribution is 5.77. The fraction of sp³-hybridized carbons (Fsp3) is 0.368. The molecule has 3 aromatic rings. The Balaban J connectivity index is 1.63. The molecule has 1 N–H and O–H groups in total. The lowest BCUT2D eigenvalue weighted by Gasteiger charge is -2.16. The summed E-state index contributed by atoms with van der Waals surface area (Å²) in [5.41, 5.74) is 0.480. The van der Waals surface area contributed by atoms with E-state index in [1.807, 2.05) is 34.3 Å². The molecule has 10 nitrogen and oxygen atoms in total. The second kappa shape index (κ2) is 8.63. The van der Waals surface area contributed by atoms with Crippen LogP contribution in [0.25, 0.3) is 10.9 Å². The molecule has 2 aromatic heterocycles. The number of nitrogens with one attached hydrogen (secondary N) is 1. The van der Waals surface area contributed by atoms with Gasteiger partial charge >= 0.3 is 0 Å². The zero-order chi connectivity index (χ0) is 21.0. The van der Waals surface area contributed by atoms with Gasteiger partial charge in [0, 0.05) is 41.2 Å². The first-order valence-electron chi connectivity index (χ1n) is 9.15. The van der Waals surface area contributed by atoms with Crippen LogP contribution in [0.1, 0.15) is 12.2 Å². The molecule has 0 atom stereocenters. The lowest BCUT2D eigenvalue weighted by atomic mass is 10.2. The third-order valence-electron chi connectivity index (χ3n) is 4.21. The molecule has 0 saturated heterocycles. The fourth-order valence-electron chi connectivity index (χ4n) is 2.63. The van der Waals surface area contributed by atoms with Gasteiger partial charge in [-0.25, -0.2) is 4.98 Å². The second-order valence-corrected chi connectivity index (χ2v) is 6.93. The minimum Gasteiger partial charge on any atom is -0.349 e. The molecule has 0 saturated carbocycles. The summed E-state index contributed by atoms with van der Waals surface area (Å²) in [5.74, 6) is 1.29. The average Bonchev–Trinajstić information content (AvgIpc) is 2.71. The molecular formula is C19H24N8O2. The average molecular weight is 396 g/mol. The molecule has 0 fully saturated rings. The quantitative estimate of drug-likeness (QED) is 0.612. The van der Waals surface area contributed by atoms with Crippen LogP contribution < -0.4 is 20.7 Å². The normalized spacial score (nSPS) is 10.8. The van der Waals surface area contributed by atoms with Crippen LogP contribution in [-0.2, 0) is 17.9 Å². The highest BCUT2D eigenvalue weighted by Crippen LogP contribution is 2.10. The molecule has 10 heteroatoms. The molecular weight excluding hydrogens is 372 g/mol. The first-order valence-corrected chi connectivity index (χ1v) is 9.15. The van der Waals surface area contributed by atoms with Gasteiger partial charge in [-0.15, -0.1) is 0 Å². The van der Waals surface area contributed by atoms with Crippen molar-refractivity contribution in [1.82, 2.24) is 29.8 Å². The van der Waals surface area contributed by atoms with Gasteiger partial charge in [0.25, 0.3) is 5.56 Å². The fourth-order valence-corrected chi connectivity index (χ4v) is 2.63. The minimum atomic E-state index is -0.205. The number of para-hydroxylation sites is 1. The number of carbonyl (C=O) groups is 1. The number of amides is 1. The molecule has 0 bridgehead atoms. The van der Waals surface area contributed by atoms with Crippen LogP contribution in [0.5, 0.6) is 0 Å². The molecule has 3 rings (SSSR count). The highest BCUT2D eigenvalue weighted by Gasteiger charge is 2.11. The van der Waals surface area contributed by atoms with Crippen molar-refractivity contribution >= 4 is 28.7 Å². The van der Waals surface area contributed by atoms with Crippen molar-refractivity contribution in [2.45, 2.75) is 19.5 Å². The molecule has 0 radical (unpaired) electrons. The number of carbonyl (C=O) groups excluding carboxylic acids is 1. The number of benzene rings is 1. The molecule has 0 aliphatic carbocycles. The topological polar surface area (TPSA) is 109 Å². The first kappa shape index (κ1) is 20.2. The van der Waals surface area contributed by atoms with Crippen molar-refractivity contribution in [2.24, 2.45) is 0 Å². The Morgan fingerprint density at radius 3 is 2.34 bits per heavy atom. The Hall–Kier alpha value is -3.56. The van der Waals surface area contributed by atoms with E-state index in [0.717, 1.165) is 0 Å². The first-order chi connectivity index (χ1) is 13.8. The summed E-state index contributed by atoms with van der Waals surface area (Å²) in [6, 6.07) is 7.14. The van der Waals surface area contributed by atoms with E-state index in [4.69, 9.17) is 0 Å². The molecule has 2 heterocycles. The monoisotopic (exact) mass is 396 g/mol. The van der Waals surface area contributed by atoms with Crippen LogP contribution in [0.4, 0.5) is 11.9 Å². The number of hydrogen-bond acceptors (Lipinski definition) is 8. The molecule has 0 aliphatic heterocycles. The maximum absolute atomic E-state index is 12.5. The molecule has 1 aromatic carbocycles. The minimum absolute atomic E-state index is 0.145. The summed E-state index contributed by atoms with van der Waals surface area (Å²) in [4.78, 5) is 45.6. The largest absolute Gasteiger partial charge is 0.349 e. The Labute approximate surface area is 168 Å². The molecule has 0 aliphatic rings. The molecule has 0 unspecified atom stereocenters. The van der Waals surface area contributed by atoms with E-state index in [9.17, 15) is 9.59 Å². The number of hydrogen-bond donors (Lipinski definition) is 1. The van der Waals surface area contributed by atoms with Gasteiger partial charge in [0.05, 0.1) is 23.8 Å². The van der Waals surface area contributed by atoms with Crippen molar-refractivity contribution in [3.63, 3.8) is 0 Å². The van der Waals surface area contributed by atoms with Gasteiger partial charge in [-0.05, 0) is 12.1 Å². The number of anilines is 2. The molecule has 29 heavy (non-hydrogen) atoms. The molecule has 0 spiro atoms. The predicted octanol–water partition coefficient (Wildman–Crippen LogP) is 0.420. The maximum atomic E-state index is 12.5. The van der Waals surface area contributed by atoms with Gasteiger partial charge in [-0.1, -0.05) is 12.1 Å².